The predicted molar refractivity (Wildman–Crippen MR) is 145 cm³/mol. The van der Waals surface area contributed by atoms with Crippen LogP contribution in [0.15, 0.2) is 54.6 Å². The first-order valence-electron chi connectivity index (χ1n) is 13.4. The SMILES string of the molecule is O=C(CCCCCNCCOC(=O)CN1C(=O)CCCc2ccccc21)OCNC(=O)OCc1ccccc1. The highest BCUT2D eigenvalue weighted by molar-refractivity contribution is 5.98. The number of aryl methyl sites for hydroxylation is 1. The second kappa shape index (κ2) is 16.8. The molecule has 0 atom stereocenters. The molecular weight excluding hydrogens is 502 g/mol. The Labute approximate surface area is 229 Å². The first kappa shape index (κ1) is 29.6. The zero-order valence-corrected chi connectivity index (χ0v) is 22.2. The number of anilines is 1. The van der Waals surface area contributed by atoms with E-state index in [0.29, 0.717) is 19.4 Å². The van der Waals surface area contributed by atoms with Gasteiger partial charge in [0.05, 0.1) is 0 Å². The minimum Gasteiger partial charge on any atom is -0.463 e. The van der Waals surface area contributed by atoms with E-state index in [-0.39, 0.29) is 44.8 Å². The van der Waals surface area contributed by atoms with E-state index < -0.39 is 12.1 Å². The Kier molecular flexibility index (Phi) is 12.8. The van der Waals surface area contributed by atoms with Crippen LogP contribution in [0.2, 0.25) is 0 Å². The second-order valence-corrected chi connectivity index (χ2v) is 9.14. The van der Waals surface area contributed by atoms with Crippen LogP contribution in [0.25, 0.3) is 0 Å². The molecule has 0 aromatic heterocycles. The maximum absolute atomic E-state index is 12.5. The van der Waals surface area contributed by atoms with Gasteiger partial charge in [-0.25, -0.2) is 4.79 Å². The average Bonchev–Trinajstić information content (AvgIpc) is 3.09. The molecule has 2 aromatic rings. The molecule has 2 amide bonds. The van der Waals surface area contributed by atoms with Gasteiger partial charge in [0, 0.05) is 25.1 Å². The zero-order valence-electron chi connectivity index (χ0n) is 22.2. The van der Waals surface area contributed by atoms with Crippen molar-refractivity contribution < 1.29 is 33.4 Å². The van der Waals surface area contributed by atoms with Gasteiger partial charge in [-0.05, 0) is 49.4 Å². The standard InChI is InChI=1S/C29H37N3O7/c33-26-15-9-13-24-12-6-7-14-25(24)32(26)20-28(35)37-19-18-30-17-8-2-5-16-27(34)39-22-31-29(36)38-21-23-10-3-1-4-11-23/h1,3-4,6-7,10-12,14,30H,2,5,8-9,13,15-22H2,(H,31,36). The molecule has 2 aromatic carbocycles. The number of ether oxygens (including phenoxy) is 3. The molecule has 10 nitrogen and oxygen atoms in total. The highest BCUT2D eigenvalue weighted by atomic mass is 16.6. The van der Waals surface area contributed by atoms with E-state index in [2.05, 4.69) is 10.6 Å². The van der Waals surface area contributed by atoms with Crippen molar-refractivity contribution in [1.29, 1.82) is 0 Å². The third-order valence-corrected chi connectivity index (χ3v) is 6.15. The number of hydrogen-bond acceptors (Lipinski definition) is 8. The molecule has 1 aliphatic heterocycles. The number of carbonyl (C=O) groups excluding carboxylic acids is 4. The van der Waals surface area contributed by atoms with Crippen LogP contribution in [0.4, 0.5) is 10.5 Å². The highest BCUT2D eigenvalue weighted by Gasteiger charge is 2.24. The van der Waals surface area contributed by atoms with Crippen LogP contribution in [-0.2, 0) is 41.6 Å². The molecule has 1 heterocycles. The van der Waals surface area contributed by atoms with Crippen LogP contribution in [0.1, 0.15) is 49.7 Å². The van der Waals surface area contributed by atoms with Crippen molar-refractivity contribution in [3.63, 3.8) is 0 Å². The van der Waals surface area contributed by atoms with Crippen molar-refractivity contribution in [2.45, 2.75) is 51.6 Å². The van der Waals surface area contributed by atoms with E-state index in [1.807, 2.05) is 54.6 Å². The summed E-state index contributed by atoms with van der Waals surface area (Å²) in [4.78, 5) is 49.7. The molecule has 0 aliphatic carbocycles. The predicted octanol–water partition coefficient (Wildman–Crippen LogP) is 3.48. The number of carbonyl (C=O) groups is 4. The molecule has 1 aliphatic rings. The van der Waals surface area contributed by atoms with E-state index in [0.717, 1.165) is 49.0 Å². The maximum atomic E-state index is 12.5. The van der Waals surface area contributed by atoms with Crippen molar-refractivity contribution in [3.05, 3.63) is 65.7 Å². The zero-order chi connectivity index (χ0) is 27.7. The van der Waals surface area contributed by atoms with Gasteiger partial charge in [0.1, 0.15) is 19.8 Å². The van der Waals surface area contributed by atoms with Crippen LogP contribution < -0.4 is 15.5 Å². The summed E-state index contributed by atoms with van der Waals surface area (Å²) in [5.74, 6) is -0.875. The van der Waals surface area contributed by atoms with Crippen molar-refractivity contribution >= 4 is 29.6 Å². The van der Waals surface area contributed by atoms with Crippen molar-refractivity contribution in [2.75, 3.05) is 37.9 Å². The molecule has 0 spiro atoms. The van der Waals surface area contributed by atoms with Crippen LogP contribution in [0, 0.1) is 0 Å². The molecular formula is C29H37N3O7. The normalized spacial score (nSPS) is 12.7. The smallest absolute Gasteiger partial charge is 0.410 e. The first-order chi connectivity index (χ1) is 19.0. The fraction of sp³-hybridized carbons (Fsp3) is 0.448. The number of alkyl carbamates (subject to hydrolysis) is 1. The third-order valence-electron chi connectivity index (χ3n) is 6.15. The number of para-hydroxylation sites is 1. The number of amides is 2. The fourth-order valence-corrected chi connectivity index (χ4v) is 4.11. The Hall–Kier alpha value is -3.92. The maximum Gasteiger partial charge on any atom is 0.410 e. The summed E-state index contributed by atoms with van der Waals surface area (Å²) >= 11 is 0. The summed E-state index contributed by atoms with van der Waals surface area (Å²) in [7, 11) is 0. The number of benzene rings is 2. The van der Waals surface area contributed by atoms with Crippen LogP contribution in [0.3, 0.4) is 0 Å². The summed E-state index contributed by atoms with van der Waals surface area (Å²) in [6.07, 6.45) is 3.97. The summed E-state index contributed by atoms with van der Waals surface area (Å²) in [5, 5.41) is 5.59. The van der Waals surface area contributed by atoms with E-state index in [9.17, 15) is 19.2 Å². The van der Waals surface area contributed by atoms with Gasteiger partial charge >= 0.3 is 18.0 Å². The second-order valence-electron chi connectivity index (χ2n) is 9.14. The Morgan fingerprint density at radius 2 is 1.62 bits per heavy atom. The molecule has 0 unspecified atom stereocenters. The minimum absolute atomic E-state index is 0.0588. The molecule has 0 saturated heterocycles. The molecule has 210 valence electrons. The van der Waals surface area contributed by atoms with Gasteiger partial charge in [-0.1, -0.05) is 55.0 Å². The molecule has 10 heteroatoms. The van der Waals surface area contributed by atoms with Gasteiger partial charge in [0.15, 0.2) is 6.73 Å². The Morgan fingerprint density at radius 3 is 2.46 bits per heavy atom. The number of hydrogen-bond donors (Lipinski definition) is 2. The van der Waals surface area contributed by atoms with Gasteiger partial charge in [-0.3, -0.25) is 19.7 Å². The van der Waals surface area contributed by atoms with E-state index >= 15 is 0 Å². The lowest BCUT2D eigenvalue weighted by atomic mass is 10.1. The van der Waals surface area contributed by atoms with Crippen molar-refractivity contribution in [1.82, 2.24) is 10.6 Å². The summed E-state index contributed by atoms with van der Waals surface area (Å²) < 4.78 is 15.3. The molecule has 3 rings (SSSR count). The summed E-state index contributed by atoms with van der Waals surface area (Å²) in [6, 6.07) is 16.9. The first-order valence-corrected chi connectivity index (χ1v) is 13.4. The van der Waals surface area contributed by atoms with Crippen LogP contribution in [-0.4, -0.2) is 56.9 Å². The Morgan fingerprint density at radius 1 is 0.821 bits per heavy atom. The largest absolute Gasteiger partial charge is 0.463 e. The number of esters is 2. The molecule has 0 bridgehead atoms. The van der Waals surface area contributed by atoms with E-state index in [1.165, 1.54) is 4.90 Å². The monoisotopic (exact) mass is 539 g/mol. The highest BCUT2D eigenvalue weighted by Crippen LogP contribution is 2.26. The number of nitrogens with zero attached hydrogens (tertiary/aromatic N) is 1. The third kappa shape index (κ3) is 11.2. The quantitative estimate of drug-likeness (QED) is 0.153. The summed E-state index contributed by atoms with van der Waals surface area (Å²) in [5.41, 5.74) is 2.73. The topological polar surface area (TPSA) is 123 Å². The van der Waals surface area contributed by atoms with Gasteiger partial charge in [0.25, 0.3) is 0 Å². The van der Waals surface area contributed by atoms with E-state index in [4.69, 9.17) is 14.2 Å². The van der Waals surface area contributed by atoms with Crippen molar-refractivity contribution in [3.8, 4) is 0 Å². The van der Waals surface area contributed by atoms with Gasteiger partial charge in [0.2, 0.25) is 5.91 Å². The average molecular weight is 540 g/mol. The summed E-state index contributed by atoms with van der Waals surface area (Å²) in [6.45, 7) is 1.27. The molecule has 0 radical (unpaired) electrons. The molecule has 0 saturated carbocycles. The number of fused-ring (bicyclic) bond motifs is 1. The number of rotatable bonds is 15. The Bertz CT molecular complexity index is 1080. The molecule has 0 fully saturated rings. The lowest BCUT2D eigenvalue weighted by Crippen LogP contribution is -2.36. The number of unbranched alkanes of at least 4 members (excludes halogenated alkanes) is 2. The molecule has 2 N–H and O–H groups in total. The molecule has 39 heavy (non-hydrogen) atoms. The minimum atomic E-state index is -0.649. The van der Waals surface area contributed by atoms with E-state index in [1.54, 1.807) is 0 Å². The van der Waals surface area contributed by atoms with Crippen LogP contribution in [0.5, 0.6) is 0 Å². The fourth-order valence-electron chi connectivity index (χ4n) is 4.11. The Balaban J connectivity index is 1.15. The number of nitrogens with one attached hydrogen (secondary N) is 2. The lowest BCUT2D eigenvalue weighted by molar-refractivity contribution is -0.144. The van der Waals surface area contributed by atoms with Crippen molar-refractivity contribution in [2.24, 2.45) is 0 Å². The lowest BCUT2D eigenvalue weighted by Gasteiger charge is -2.22. The van der Waals surface area contributed by atoms with Gasteiger partial charge in [-0.2, -0.15) is 0 Å². The van der Waals surface area contributed by atoms with Crippen LogP contribution >= 0.6 is 0 Å². The van der Waals surface area contributed by atoms with Gasteiger partial charge < -0.3 is 24.4 Å². The van der Waals surface area contributed by atoms with Gasteiger partial charge in [-0.15, -0.1) is 0 Å².